The van der Waals surface area contributed by atoms with Crippen molar-refractivity contribution < 1.29 is 9.53 Å². The first-order valence-corrected chi connectivity index (χ1v) is 10.6. The lowest BCUT2D eigenvalue weighted by atomic mass is 9.91. The van der Waals surface area contributed by atoms with E-state index in [0.29, 0.717) is 6.04 Å². The van der Waals surface area contributed by atoms with E-state index in [1.807, 2.05) is 31.7 Å². The Balaban J connectivity index is 1.90. The van der Waals surface area contributed by atoms with Crippen LogP contribution in [-0.4, -0.2) is 40.7 Å². The number of unbranched alkanes of at least 4 members (excludes halogenated alkanes) is 1. The van der Waals surface area contributed by atoms with E-state index in [-0.39, 0.29) is 12.1 Å². The number of hydrogen-bond acceptors (Lipinski definition) is 4. The zero-order valence-corrected chi connectivity index (χ0v) is 17.4. The smallest absolute Gasteiger partial charge is 0.416 e. The van der Waals surface area contributed by atoms with Crippen LogP contribution in [0.2, 0.25) is 0 Å². The summed E-state index contributed by atoms with van der Waals surface area (Å²) in [6.07, 6.45) is 9.52. The first kappa shape index (κ1) is 20.1. The van der Waals surface area contributed by atoms with E-state index in [0.717, 1.165) is 44.6 Å². The number of rotatable bonds is 6. The number of anilines is 1. The molecule has 2 fully saturated rings. The van der Waals surface area contributed by atoms with Crippen LogP contribution in [0.25, 0.3) is 0 Å². The molecule has 0 bridgehead atoms. The minimum atomic E-state index is -0.505. The normalized spacial score (nSPS) is 21.1. The standard InChI is InChI=1S/C22H35N3O2/c1-5-6-15-24-16-9-13-19(24)18-12-8-14-23-20(18)25(17-10-7-11-17)21(26)27-22(2,3)4/h8,12,14,17,19H,5-7,9-11,13,15-16H2,1-4H3/t19-/m1/s1. The summed E-state index contributed by atoms with van der Waals surface area (Å²) in [5.74, 6) is 0.810. The molecule has 1 saturated heterocycles. The largest absolute Gasteiger partial charge is 0.443 e. The number of nitrogens with zero attached hydrogens (tertiary/aromatic N) is 3. The van der Waals surface area contributed by atoms with E-state index in [4.69, 9.17) is 9.72 Å². The van der Waals surface area contributed by atoms with Crippen molar-refractivity contribution in [3.8, 4) is 0 Å². The van der Waals surface area contributed by atoms with E-state index >= 15 is 0 Å². The molecule has 1 aliphatic carbocycles. The Morgan fingerprint density at radius 2 is 2.07 bits per heavy atom. The quantitative estimate of drug-likeness (QED) is 0.678. The van der Waals surface area contributed by atoms with Gasteiger partial charge in [-0.25, -0.2) is 9.78 Å². The second-order valence-corrected chi connectivity index (χ2v) is 8.90. The van der Waals surface area contributed by atoms with Crippen molar-refractivity contribution in [1.82, 2.24) is 9.88 Å². The Bertz CT molecular complexity index is 637. The topological polar surface area (TPSA) is 45.7 Å². The van der Waals surface area contributed by atoms with Crippen molar-refractivity contribution in [2.75, 3.05) is 18.0 Å². The van der Waals surface area contributed by atoms with Gasteiger partial charge >= 0.3 is 6.09 Å². The second-order valence-electron chi connectivity index (χ2n) is 8.90. The zero-order chi connectivity index (χ0) is 19.4. The number of hydrogen-bond donors (Lipinski definition) is 0. The molecule has 1 aromatic rings. The predicted molar refractivity (Wildman–Crippen MR) is 109 cm³/mol. The molecule has 1 saturated carbocycles. The van der Waals surface area contributed by atoms with Gasteiger partial charge in [-0.3, -0.25) is 9.80 Å². The third-order valence-corrected chi connectivity index (χ3v) is 5.60. The lowest BCUT2D eigenvalue weighted by Gasteiger charge is -2.39. The van der Waals surface area contributed by atoms with Crippen LogP contribution in [0.4, 0.5) is 10.6 Å². The highest BCUT2D eigenvalue weighted by atomic mass is 16.6. The first-order valence-electron chi connectivity index (χ1n) is 10.6. The van der Waals surface area contributed by atoms with Crippen molar-refractivity contribution in [2.24, 2.45) is 0 Å². The molecular weight excluding hydrogens is 338 g/mol. The molecule has 1 atom stereocenters. The van der Waals surface area contributed by atoms with Gasteiger partial charge in [-0.15, -0.1) is 0 Å². The van der Waals surface area contributed by atoms with Crippen LogP contribution in [-0.2, 0) is 4.74 Å². The van der Waals surface area contributed by atoms with Gasteiger partial charge in [-0.05, 0) is 78.5 Å². The number of ether oxygens (including phenoxy) is 1. The highest BCUT2D eigenvalue weighted by molar-refractivity contribution is 5.88. The Morgan fingerprint density at radius 1 is 1.30 bits per heavy atom. The summed E-state index contributed by atoms with van der Waals surface area (Å²) in [5, 5.41) is 0. The molecule has 0 spiro atoms. The summed E-state index contributed by atoms with van der Waals surface area (Å²) in [4.78, 5) is 22.2. The molecular formula is C22H35N3O2. The molecule has 1 aromatic heterocycles. The van der Waals surface area contributed by atoms with E-state index in [1.165, 1.54) is 24.8 Å². The zero-order valence-electron chi connectivity index (χ0n) is 17.4. The molecule has 5 nitrogen and oxygen atoms in total. The van der Waals surface area contributed by atoms with E-state index < -0.39 is 5.60 Å². The number of amides is 1. The molecule has 2 heterocycles. The second kappa shape index (κ2) is 8.59. The Kier molecular flexibility index (Phi) is 6.40. The van der Waals surface area contributed by atoms with E-state index in [1.54, 1.807) is 6.20 Å². The van der Waals surface area contributed by atoms with E-state index in [9.17, 15) is 4.79 Å². The van der Waals surface area contributed by atoms with Gasteiger partial charge in [0.1, 0.15) is 11.4 Å². The van der Waals surface area contributed by atoms with Gasteiger partial charge in [0.2, 0.25) is 0 Å². The summed E-state index contributed by atoms with van der Waals surface area (Å²) in [6.45, 7) is 10.3. The average molecular weight is 374 g/mol. The number of pyridine rings is 1. The molecule has 0 aromatic carbocycles. The minimum Gasteiger partial charge on any atom is -0.443 e. The summed E-state index contributed by atoms with van der Waals surface area (Å²) in [6, 6.07) is 4.72. The van der Waals surface area contributed by atoms with Crippen LogP contribution >= 0.6 is 0 Å². The number of carbonyl (C=O) groups is 1. The van der Waals surface area contributed by atoms with Gasteiger partial charge in [0.05, 0.1) is 0 Å². The number of likely N-dealkylation sites (tertiary alicyclic amines) is 1. The molecule has 3 rings (SSSR count). The molecule has 27 heavy (non-hydrogen) atoms. The van der Waals surface area contributed by atoms with Crippen LogP contribution < -0.4 is 4.90 Å². The van der Waals surface area contributed by atoms with Crippen molar-refractivity contribution in [1.29, 1.82) is 0 Å². The fourth-order valence-electron chi connectivity index (χ4n) is 4.04. The van der Waals surface area contributed by atoms with Gasteiger partial charge in [-0.2, -0.15) is 0 Å². The molecule has 1 aliphatic heterocycles. The summed E-state index contributed by atoms with van der Waals surface area (Å²) in [7, 11) is 0. The van der Waals surface area contributed by atoms with Crippen molar-refractivity contribution in [3.63, 3.8) is 0 Å². The van der Waals surface area contributed by atoms with Crippen LogP contribution in [0.15, 0.2) is 18.3 Å². The fourth-order valence-corrected chi connectivity index (χ4v) is 4.04. The maximum Gasteiger partial charge on any atom is 0.416 e. The third-order valence-electron chi connectivity index (χ3n) is 5.60. The lowest BCUT2D eigenvalue weighted by Crippen LogP contribution is -2.48. The number of carbonyl (C=O) groups excluding carboxylic acids is 1. The summed E-state index contributed by atoms with van der Waals surface area (Å²) in [5.41, 5.74) is 0.679. The Morgan fingerprint density at radius 3 is 2.70 bits per heavy atom. The first-order chi connectivity index (χ1) is 12.9. The molecule has 0 unspecified atom stereocenters. The predicted octanol–water partition coefficient (Wildman–Crippen LogP) is 5.31. The SMILES string of the molecule is CCCCN1CCC[C@@H]1c1cccnc1N(C(=O)OC(C)(C)C)C1CCC1. The van der Waals surface area contributed by atoms with Crippen LogP contribution in [0, 0.1) is 0 Å². The summed E-state index contributed by atoms with van der Waals surface area (Å²) >= 11 is 0. The van der Waals surface area contributed by atoms with Crippen molar-refractivity contribution in [2.45, 2.75) is 90.3 Å². The third kappa shape index (κ3) is 4.81. The monoisotopic (exact) mass is 373 g/mol. The maximum absolute atomic E-state index is 13.1. The van der Waals surface area contributed by atoms with Crippen LogP contribution in [0.1, 0.15) is 84.2 Å². The maximum atomic E-state index is 13.1. The van der Waals surface area contributed by atoms with Crippen LogP contribution in [0.3, 0.4) is 0 Å². The van der Waals surface area contributed by atoms with Gasteiger partial charge in [0, 0.05) is 23.8 Å². The Hall–Kier alpha value is -1.62. The van der Waals surface area contributed by atoms with Gasteiger partial charge in [-0.1, -0.05) is 19.4 Å². The lowest BCUT2D eigenvalue weighted by molar-refractivity contribution is 0.0547. The van der Waals surface area contributed by atoms with Crippen LogP contribution in [0.5, 0.6) is 0 Å². The van der Waals surface area contributed by atoms with E-state index in [2.05, 4.69) is 17.9 Å². The van der Waals surface area contributed by atoms with Gasteiger partial charge in [0.15, 0.2) is 0 Å². The fraction of sp³-hybridized carbons (Fsp3) is 0.727. The highest BCUT2D eigenvalue weighted by Crippen LogP contribution is 2.39. The number of aromatic nitrogens is 1. The molecule has 0 radical (unpaired) electrons. The molecule has 5 heteroatoms. The van der Waals surface area contributed by atoms with Gasteiger partial charge in [0.25, 0.3) is 0 Å². The molecule has 0 N–H and O–H groups in total. The molecule has 1 amide bonds. The van der Waals surface area contributed by atoms with Crippen molar-refractivity contribution in [3.05, 3.63) is 23.9 Å². The Labute approximate surface area is 164 Å². The highest BCUT2D eigenvalue weighted by Gasteiger charge is 2.37. The average Bonchev–Trinajstić information content (AvgIpc) is 3.02. The summed E-state index contributed by atoms with van der Waals surface area (Å²) < 4.78 is 5.75. The van der Waals surface area contributed by atoms with Crippen molar-refractivity contribution >= 4 is 11.9 Å². The van der Waals surface area contributed by atoms with Gasteiger partial charge < -0.3 is 4.74 Å². The molecule has 150 valence electrons. The minimum absolute atomic E-state index is 0.207. The molecule has 2 aliphatic rings.